The fourth-order valence-corrected chi connectivity index (χ4v) is 1.27. The number of halogens is 3. The third kappa shape index (κ3) is 1.76. The van der Waals surface area contributed by atoms with Gasteiger partial charge in [-0.05, 0) is 28.1 Å². The summed E-state index contributed by atoms with van der Waals surface area (Å²) in [7, 11) is 0. The quantitative estimate of drug-likeness (QED) is 0.354. The molecular formula is C7H4BrClFNO. The van der Waals surface area contributed by atoms with Crippen LogP contribution in [-0.2, 0) is 0 Å². The first-order valence-electron chi connectivity index (χ1n) is 2.97. The summed E-state index contributed by atoms with van der Waals surface area (Å²) in [6.45, 7) is 0. The van der Waals surface area contributed by atoms with E-state index in [4.69, 9.17) is 16.8 Å². The number of benzene rings is 1. The molecule has 1 rings (SSSR count). The van der Waals surface area contributed by atoms with Crippen LogP contribution in [0.25, 0.3) is 0 Å². The molecule has 0 aliphatic carbocycles. The first-order chi connectivity index (χ1) is 5.66. The lowest BCUT2D eigenvalue weighted by atomic mass is 10.2. The van der Waals surface area contributed by atoms with Crippen LogP contribution < -0.4 is 0 Å². The molecule has 1 aromatic carbocycles. The number of hydrogen-bond donors (Lipinski definition) is 1. The first kappa shape index (κ1) is 9.48. The summed E-state index contributed by atoms with van der Waals surface area (Å²) in [6, 6.07) is 2.71. The van der Waals surface area contributed by atoms with E-state index in [0.717, 1.165) is 6.21 Å². The van der Waals surface area contributed by atoms with Crippen molar-refractivity contribution in [3.05, 3.63) is 33.0 Å². The standard InChI is InChI=1S/C7H4BrClFNO/c8-5-1-2-6(10)4(3-11-12)7(5)9/h1-3,12H/b11-3-. The minimum Gasteiger partial charge on any atom is -0.411 e. The van der Waals surface area contributed by atoms with Crippen molar-refractivity contribution in [3.63, 3.8) is 0 Å². The molecule has 0 aromatic heterocycles. The van der Waals surface area contributed by atoms with E-state index in [0.29, 0.717) is 4.47 Å². The highest BCUT2D eigenvalue weighted by Crippen LogP contribution is 2.26. The van der Waals surface area contributed by atoms with Crippen molar-refractivity contribution < 1.29 is 9.60 Å². The minimum atomic E-state index is -0.527. The van der Waals surface area contributed by atoms with E-state index in [1.807, 2.05) is 0 Å². The van der Waals surface area contributed by atoms with Gasteiger partial charge in [0.15, 0.2) is 0 Å². The molecule has 64 valence electrons. The van der Waals surface area contributed by atoms with Crippen molar-refractivity contribution in [1.82, 2.24) is 0 Å². The van der Waals surface area contributed by atoms with Crippen molar-refractivity contribution in [3.8, 4) is 0 Å². The Balaban J connectivity index is 3.32. The lowest BCUT2D eigenvalue weighted by molar-refractivity contribution is 0.321. The van der Waals surface area contributed by atoms with Crippen LogP contribution in [0.2, 0.25) is 5.02 Å². The van der Waals surface area contributed by atoms with Gasteiger partial charge in [0.2, 0.25) is 0 Å². The van der Waals surface area contributed by atoms with E-state index in [1.165, 1.54) is 12.1 Å². The van der Waals surface area contributed by atoms with Gasteiger partial charge in [0.25, 0.3) is 0 Å². The van der Waals surface area contributed by atoms with Crippen LogP contribution in [0, 0.1) is 5.82 Å². The summed E-state index contributed by atoms with van der Waals surface area (Å²) in [5.41, 5.74) is 0.0635. The second kappa shape index (κ2) is 3.87. The highest BCUT2D eigenvalue weighted by atomic mass is 79.9. The molecular weight excluding hydrogens is 248 g/mol. The molecule has 0 saturated carbocycles. The van der Waals surface area contributed by atoms with Crippen LogP contribution in [-0.4, -0.2) is 11.4 Å². The molecule has 1 N–H and O–H groups in total. The van der Waals surface area contributed by atoms with Gasteiger partial charge < -0.3 is 5.21 Å². The Hall–Kier alpha value is -0.610. The molecule has 0 heterocycles. The first-order valence-corrected chi connectivity index (χ1v) is 4.15. The number of oxime groups is 1. The van der Waals surface area contributed by atoms with Crippen LogP contribution in [0.5, 0.6) is 0 Å². The van der Waals surface area contributed by atoms with E-state index in [9.17, 15) is 4.39 Å². The Labute approximate surface area is 81.8 Å². The summed E-state index contributed by atoms with van der Waals surface area (Å²) in [5, 5.41) is 11.1. The predicted molar refractivity (Wildman–Crippen MR) is 48.5 cm³/mol. The molecule has 0 amide bonds. The monoisotopic (exact) mass is 251 g/mol. The second-order valence-corrected chi connectivity index (χ2v) is 3.23. The summed E-state index contributed by atoms with van der Waals surface area (Å²) in [6.07, 6.45) is 0.947. The molecule has 0 aliphatic heterocycles. The van der Waals surface area contributed by atoms with E-state index >= 15 is 0 Å². The Bertz CT molecular complexity index is 329. The van der Waals surface area contributed by atoms with E-state index in [-0.39, 0.29) is 10.6 Å². The smallest absolute Gasteiger partial charge is 0.133 e. The maximum absolute atomic E-state index is 12.9. The van der Waals surface area contributed by atoms with E-state index in [1.54, 1.807) is 0 Å². The zero-order valence-electron chi connectivity index (χ0n) is 5.76. The molecule has 5 heteroatoms. The van der Waals surface area contributed by atoms with Crippen molar-refractivity contribution in [1.29, 1.82) is 0 Å². The lowest BCUT2D eigenvalue weighted by Crippen LogP contribution is -1.90. The zero-order chi connectivity index (χ0) is 9.14. The molecule has 0 bridgehead atoms. The highest BCUT2D eigenvalue weighted by molar-refractivity contribution is 9.10. The van der Waals surface area contributed by atoms with Crippen molar-refractivity contribution in [2.24, 2.45) is 5.16 Å². The maximum atomic E-state index is 12.9. The van der Waals surface area contributed by atoms with Gasteiger partial charge in [-0.1, -0.05) is 16.8 Å². The molecule has 0 atom stereocenters. The average molecular weight is 252 g/mol. The minimum absolute atomic E-state index is 0.0635. The fraction of sp³-hybridized carbons (Fsp3) is 0. The van der Waals surface area contributed by atoms with Gasteiger partial charge in [0.1, 0.15) is 5.82 Å². The van der Waals surface area contributed by atoms with Crippen LogP contribution in [0.1, 0.15) is 5.56 Å². The Kier molecular flexibility index (Phi) is 3.05. The number of rotatable bonds is 1. The maximum Gasteiger partial charge on any atom is 0.133 e. The molecule has 0 aliphatic rings. The summed E-state index contributed by atoms with van der Waals surface area (Å²) in [5.74, 6) is -0.527. The van der Waals surface area contributed by atoms with Crippen LogP contribution in [0.3, 0.4) is 0 Å². The predicted octanol–water partition coefficient (Wildman–Crippen LogP) is 3.05. The van der Waals surface area contributed by atoms with Gasteiger partial charge in [-0.2, -0.15) is 0 Å². The Morgan fingerprint density at radius 3 is 2.83 bits per heavy atom. The molecule has 1 aromatic rings. The molecule has 0 unspecified atom stereocenters. The van der Waals surface area contributed by atoms with Gasteiger partial charge >= 0.3 is 0 Å². The van der Waals surface area contributed by atoms with Gasteiger partial charge in [-0.15, -0.1) is 0 Å². The summed E-state index contributed by atoms with van der Waals surface area (Å²) in [4.78, 5) is 0. The largest absolute Gasteiger partial charge is 0.411 e. The van der Waals surface area contributed by atoms with Crippen molar-refractivity contribution >= 4 is 33.7 Å². The normalized spacial score (nSPS) is 10.9. The second-order valence-electron chi connectivity index (χ2n) is 2.00. The molecule has 12 heavy (non-hydrogen) atoms. The average Bonchev–Trinajstić information content (AvgIpc) is 2.06. The fourth-order valence-electron chi connectivity index (χ4n) is 0.719. The third-order valence-electron chi connectivity index (χ3n) is 1.27. The van der Waals surface area contributed by atoms with Crippen LogP contribution in [0.4, 0.5) is 4.39 Å². The van der Waals surface area contributed by atoms with E-state index < -0.39 is 5.82 Å². The molecule has 2 nitrogen and oxygen atoms in total. The lowest BCUT2D eigenvalue weighted by Gasteiger charge is -2.00. The Morgan fingerprint density at radius 2 is 2.25 bits per heavy atom. The SMILES string of the molecule is O/N=C\c1c(F)ccc(Br)c1Cl. The van der Waals surface area contributed by atoms with Crippen LogP contribution in [0.15, 0.2) is 21.8 Å². The molecule has 0 fully saturated rings. The topological polar surface area (TPSA) is 32.6 Å². The summed E-state index contributed by atoms with van der Waals surface area (Å²) < 4.78 is 13.5. The van der Waals surface area contributed by atoms with E-state index in [2.05, 4.69) is 21.1 Å². The number of hydrogen-bond acceptors (Lipinski definition) is 2. The Morgan fingerprint density at radius 1 is 1.58 bits per heavy atom. The van der Waals surface area contributed by atoms with Gasteiger partial charge in [-0.25, -0.2) is 4.39 Å². The molecule has 0 saturated heterocycles. The van der Waals surface area contributed by atoms with Crippen molar-refractivity contribution in [2.45, 2.75) is 0 Å². The molecule has 0 spiro atoms. The number of nitrogens with zero attached hydrogens (tertiary/aromatic N) is 1. The van der Waals surface area contributed by atoms with Crippen molar-refractivity contribution in [2.75, 3.05) is 0 Å². The zero-order valence-corrected chi connectivity index (χ0v) is 8.10. The van der Waals surface area contributed by atoms with Gasteiger partial charge in [0.05, 0.1) is 16.8 Å². The van der Waals surface area contributed by atoms with Crippen LogP contribution >= 0.6 is 27.5 Å². The highest BCUT2D eigenvalue weighted by Gasteiger charge is 2.07. The molecule has 0 radical (unpaired) electrons. The summed E-state index contributed by atoms with van der Waals surface area (Å²) >= 11 is 8.80. The third-order valence-corrected chi connectivity index (χ3v) is 2.56. The van der Waals surface area contributed by atoms with Gasteiger partial charge in [-0.3, -0.25) is 0 Å². The van der Waals surface area contributed by atoms with Gasteiger partial charge in [0, 0.05) is 4.47 Å².